The number of nitrogens with zero attached hydrogens (tertiary/aromatic N) is 4. The molecule has 1 aliphatic rings. The maximum atomic E-state index is 12.9. The van der Waals surface area contributed by atoms with Gasteiger partial charge in [-0.05, 0) is 24.3 Å². The first kappa shape index (κ1) is 20.5. The lowest BCUT2D eigenvalue weighted by Crippen LogP contribution is -2.49. The van der Waals surface area contributed by atoms with Gasteiger partial charge in [0.25, 0.3) is 0 Å². The van der Waals surface area contributed by atoms with Crippen molar-refractivity contribution in [2.75, 3.05) is 39.8 Å². The summed E-state index contributed by atoms with van der Waals surface area (Å²) < 4.78 is 34.0. The third kappa shape index (κ3) is 4.43. The average molecular weight is 407 g/mol. The molecule has 8 nitrogen and oxygen atoms in total. The van der Waals surface area contributed by atoms with Crippen LogP contribution in [0.1, 0.15) is 23.1 Å². The SMILES string of the molecule is CCc1nccn1CCN1CCN(S(=O)(=O)c2ccc(C(=O)OC)cc2)CC1. The summed E-state index contributed by atoms with van der Waals surface area (Å²) in [4.78, 5) is 18.3. The van der Waals surface area contributed by atoms with E-state index in [0.29, 0.717) is 31.7 Å². The molecule has 1 saturated heterocycles. The number of hydrogen-bond donors (Lipinski definition) is 0. The Kier molecular flexibility index (Phi) is 6.48. The molecule has 1 aromatic carbocycles. The lowest BCUT2D eigenvalue weighted by atomic mass is 10.2. The summed E-state index contributed by atoms with van der Waals surface area (Å²) in [5.41, 5.74) is 0.331. The van der Waals surface area contributed by atoms with Gasteiger partial charge in [0.05, 0.1) is 17.6 Å². The number of carbonyl (C=O) groups excluding carboxylic acids is 1. The van der Waals surface area contributed by atoms with Crippen molar-refractivity contribution in [2.45, 2.75) is 24.8 Å². The standard InChI is InChI=1S/C19H26N4O4S/c1-3-18-20-8-9-22(18)13-10-21-11-14-23(15-12-21)28(25,26)17-6-4-16(5-7-17)19(24)27-2/h4-9H,3,10-15H2,1-2H3. The Bertz CT molecular complexity index is 900. The Morgan fingerprint density at radius 3 is 2.39 bits per heavy atom. The molecule has 0 bridgehead atoms. The minimum atomic E-state index is -3.56. The predicted octanol–water partition coefficient (Wildman–Crippen LogP) is 1.24. The largest absolute Gasteiger partial charge is 0.465 e. The van der Waals surface area contributed by atoms with Crippen LogP contribution in [0.4, 0.5) is 0 Å². The second-order valence-corrected chi connectivity index (χ2v) is 8.59. The highest BCUT2D eigenvalue weighted by molar-refractivity contribution is 7.89. The van der Waals surface area contributed by atoms with Gasteiger partial charge >= 0.3 is 5.97 Å². The minimum Gasteiger partial charge on any atom is -0.465 e. The fourth-order valence-electron chi connectivity index (χ4n) is 3.33. The van der Waals surface area contributed by atoms with Gasteiger partial charge in [-0.15, -0.1) is 0 Å². The molecule has 3 rings (SSSR count). The number of carbonyl (C=O) groups is 1. The average Bonchev–Trinajstić information content (AvgIpc) is 3.19. The van der Waals surface area contributed by atoms with E-state index in [0.717, 1.165) is 25.3 Å². The fraction of sp³-hybridized carbons (Fsp3) is 0.474. The van der Waals surface area contributed by atoms with E-state index in [-0.39, 0.29) is 4.90 Å². The Balaban J connectivity index is 1.56. The number of hydrogen-bond acceptors (Lipinski definition) is 6. The normalized spacial score (nSPS) is 16.2. The first-order valence-corrected chi connectivity index (χ1v) is 10.8. The lowest BCUT2D eigenvalue weighted by Gasteiger charge is -2.34. The van der Waals surface area contributed by atoms with Crippen molar-refractivity contribution in [3.63, 3.8) is 0 Å². The number of esters is 1. The number of rotatable bonds is 7. The highest BCUT2D eigenvalue weighted by atomic mass is 32.2. The smallest absolute Gasteiger partial charge is 0.337 e. The van der Waals surface area contributed by atoms with Crippen LogP contribution in [0.3, 0.4) is 0 Å². The molecule has 0 saturated carbocycles. The van der Waals surface area contributed by atoms with E-state index < -0.39 is 16.0 Å². The van der Waals surface area contributed by atoms with Crippen LogP contribution in [0.5, 0.6) is 0 Å². The number of sulfonamides is 1. The van der Waals surface area contributed by atoms with Gasteiger partial charge in [-0.1, -0.05) is 6.92 Å². The molecule has 28 heavy (non-hydrogen) atoms. The van der Waals surface area contributed by atoms with Crippen LogP contribution in [0.15, 0.2) is 41.6 Å². The van der Waals surface area contributed by atoms with Crippen molar-refractivity contribution in [3.8, 4) is 0 Å². The Morgan fingerprint density at radius 2 is 1.79 bits per heavy atom. The molecule has 0 radical (unpaired) electrons. The monoisotopic (exact) mass is 406 g/mol. The van der Waals surface area contributed by atoms with E-state index in [1.165, 1.54) is 35.7 Å². The Labute approximate surface area is 165 Å². The van der Waals surface area contributed by atoms with E-state index in [2.05, 4.69) is 26.1 Å². The molecule has 0 atom stereocenters. The van der Waals surface area contributed by atoms with Gasteiger partial charge in [-0.2, -0.15) is 4.31 Å². The molecule has 0 aliphatic carbocycles. The third-order valence-corrected chi connectivity index (χ3v) is 6.93. The zero-order valence-electron chi connectivity index (χ0n) is 16.2. The van der Waals surface area contributed by atoms with Gasteiger partial charge in [0, 0.05) is 58.1 Å². The molecule has 2 aromatic rings. The van der Waals surface area contributed by atoms with E-state index >= 15 is 0 Å². The van der Waals surface area contributed by atoms with Crippen molar-refractivity contribution in [3.05, 3.63) is 48.0 Å². The number of ether oxygens (including phenoxy) is 1. The molecule has 0 spiro atoms. The molecular weight excluding hydrogens is 380 g/mol. The summed E-state index contributed by atoms with van der Waals surface area (Å²) in [7, 11) is -2.27. The van der Waals surface area contributed by atoms with Gasteiger partial charge in [-0.25, -0.2) is 18.2 Å². The minimum absolute atomic E-state index is 0.194. The first-order chi connectivity index (χ1) is 13.5. The zero-order chi connectivity index (χ0) is 20.1. The van der Waals surface area contributed by atoms with E-state index in [4.69, 9.17) is 0 Å². The number of piperazine rings is 1. The highest BCUT2D eigenvalue weighted by Gasteiger charge is 2.28. The summed E-state index contributed by atoms with van der Waals surface area (Å²) in [6.07, 6.45) is 4.69. The second-order valence-electron chi connectivity index (χ2n) is 6.65. The predicted molar refractivity (Wildman–Crippen MR) is 105 cm³/mol. The number of imidazole rings is 1. The molecule has 0 amide bonds. The number of aryl methyl sites for hydroxylation is 1. The van der Waals surface area contributed by atoms with Crippen LogP contribution < -0.4 is 0 Å². The Morgan fingerprint density at radius 1 is 1.11 bits per heavy atom. The van der Waals surface area contributed by atoms with Crippen LogP contribution in [-0.4, -0.2) is 73.0 Å². The van der Waals surface area contributed by atoms with Crippen LogP contribution in [0.2, 0.25) is 0 Å². The van der Waals surface area contributed by atoms with Gasteiger partial charge in [0.15, 0.2) is 0 Å². The van der Waals surface area contributed by atoms with Crippen molar-refractivity contribution >= 4 is 16.0 Å². The molecule has 1 aliphatic heterocycles. The molecule has 152 valence electrons. The van der Waals surface area contributed by atoms with Crippen LogP contribution in [-0.2, 0) is 27.7 Å². The van der Waals surface area contributed by atoms with Crippen molar-refractivity contribution < 1.29 is 17.9 Å². The van der Waals surface area contributed by atoms with Crippen molar-refractivity contribution in [1.82, 2.24) is 18.8 Å². The summed E-state index contributed by atoms with van der Waals surface area (Å²) in [5, 5.41) is 0. The summed E-state index contributed by atoms with van der Waals surface area (Å²) in [5.74, 6) is 0.582. The van der Waals surface area contributed by atoms with Gasteiger partial charge < -0.3 is 9.30 Å². The molecule has 0 N–H and O–H groups in total. The van der Waals surface area contributed by atoms with Gasteiger partial charge in [0.1, 0.15) is 5.82 Å². The van der Waals surface area contributed by atoms with Crippen molar-refractivity contribution in [2.24, 2.45) is 0 Å². The van der Waals surface area contributed by atoms with Crippen LogP contribution in [0, 0.1) is 0 Å². The Hall–Kier alpha value is -2.23. The summed E-state index contributed by atoms with van der Waals surface area (Å²) >= 11 is 0. The highest BCUT2D eigenvalue weighted by Crippen LogP contribution is 2.18. The lowest BCUT2D eigenvalue weighted by molar-refractivity contribution is 0.0600. The number of benzene rings is 1. The van der Waals surface area contributed by atoms with E-state index in [1.807, 2.05) is 12.4 Å². The maximum Gasteiger partial charge on any atom is 0.337 e. The summed E-state index contributed by atoms with van der Waals surface area (Å²) in [6, 6.07) is 5.87. The quantitative estimate of drug-likeness (QED) is 0.643. The number of aromatic nitrogens is 2. The maximum absolute atomic E-state index is 12.9. The van der Waals surface area contributed by atoms with Gasteiger partial charge in [-0.3, -0.25) is 4.90 Å². The molecule has 2 heterocycles. The van der Waals surface area contributed by atoms with Crippen LogP contribution >= 0.6 is 0 Å². The van der Waals surface area contributed by atoms with Crippen molar-refractivity contribution in [1.29, 1.82) is 0 Å². The first-order valence-electron chi connectivity index (χ1n) is 9.36. The third-order valence-electron chi connectivity index (χ3n) is 5.02. The molecular formula is C19H26N4O4S. The fourth-order valence-corrected chi connectivity index (χ4v) is 4.75. The molecule has 0 unspecified atom stereocenters. The van der Waals surface area contributed by atoms with E-state index in [9.17, 15) is 13.2 Å². The summed E-state index contributed by atoms with van der Waals surface area (Å²) in [6.45, 7) is 6.08. The topological polar surface area (TPSA) is 84.7 Å². The molecule has 9 heteroatoms. The number of methoxy groups -OCH3 is 1. The zero-order valence-corrected chi connectivity index (χ0v) is 17.1. The van der Waals surface area contributed by atoms with Crippen LogP contribution in [0.25, 0.3) is 0 Å². The molecule has 1 fully saturated rings. The second kappa shape index (κ2) is 8.85. The van der Waals surface area contributed by atoms with E-state index in [1.54, 1.807) is 0 Å². The van der Waals surface area contributed by atoms with Gasteiger partial charge in [0.2, 0.25) is 10.0 Å². The molecule has 1 aromatic heterocycles.